The number of furan rings is 1. The van der Waals surface area contributed by atoms with Crippen LogP contribution in [0.4, 0.5) is 0 Å². The van der Waals surface area contributed by atoms with E-state index in [2.05, 4.69) is 0 Å². The standard InChI is InChI=1S/C20H18O6/c1-23-18-8-12(3-2-4-19(21)22)7-14-10-16(26-20(14)18)13-5-6-15-17(9-13)25-11-24-15/h5-10H,2-4,11H2,1H3,(H,21,22). The molecule has 134 valence electrons. The predicted octanol–water partition coefficient (Wildman–Crippen LogP) is 4.24. The number of carbonyl (C=O) groups is 1. The topological polar surface area (TPSA) is 78.1 Å². The van der Waals surface area contributed by atoms with Crippen molar-refractivity contribution in [3.63, 3.8) is 0 Å². The lowest BCUT2D eigenvalue weighted by Crippen LogP contribution is -1.96. The van der Waals surface area contributed by atoms with Gasteiger partial charge in [0, 0.05) is 17.4 Å². The van der Waals surface area contributed by atoms with Crippen LogP contribution in [0.1, 0.15) is 18.4 Å². The SMILES string of the molecule is COc1cc(CCCC(=O)O)cc2cc(-c3ccc4c(c3)OCO4)oc12. The van der Waals surface area contributed by atoms with Crippen molar-refractivity contribution < 1.29 is 28.5 Å². The zero-order valence-electron chi connectivity index (χ0n) is 14.3. The lowest BCUT2D eigenvalue weighted by molar-refractivity contribution is -0.137. The Hall–Kier alpha value is -3.15. The summed E-state index contributed by atoms with van der Waals surface area (Å²) >= 11 is 0. The Bertz CT molecular complexity index is 972. The van der Waals surface area contributed by atoms with Gasteiger partial charge in [-0.15, -0.1) is 0 Å². The second-order valence-electron chi connectivity index (χ2n) is 6.14. The van der Waals surface area contributed by atoms with Gasteiger partial charge in [0.1, 0.15) is 5.76 Å². The van der Waals surface area contributed by atoms with Gasteiger partial charge >= 0.3 is 5.97 Å². The average Bonchev–Trinajstić information content (AvgIpc) is 3.26. The van der Waals surface area contributed by atoms with E-state index in [1.165, 1.54) is 0 Å². The highest BCUT2D eigenvalue weighted by molar-refractivity contribution is 5.88. The Morgan fingerprint density at radius 3 is 2.81 bits per heavy atom. The minimum Gasteiger partial charge on any atom is -0.493 e. The number of carboxylic acids is 1. The molecule has 0 aliphatic carbocycles. The predicted molar refractivity (Wildman–Crippen MR) is 94.9 cm³/mol. The number of benzene rings is 2. The van der Waals surface area contributed by atoms with Crippen molar-refractivity contribution in [3.05, 3.63) is 42.0 Å². The number of ether oxygens (including phenoxy) is 3. The van der Waals surface area contributed by atoms with Crippen molar-refractivity contribution in [1.29, 1.82) is 0 Å². The molecule has 2 aromatic carbocycles. The van der Waals surface area contributed by atoms with Crippen molar-refractivity contribution in [1.82, 2.24) is 0 Å². The quantitative estimate of drug-likeness (QED) is 0.713. The Morgan fingerprint density at radius 1 is 1.15 bits per heavy atom. The molecule has 0 atom stereocenters. The Morgan fingerprint density at radius 2 is 2.00 bits per heavy atom. The third kappa shape index (κ3) is 3.06. The van der Waals surface area contributed by atoms with E-state index in [4.69, 9.17) is 23.7 Å². The van der Waals surface area contributed by atoms with Crippen molar-refractivity contribution in [2.24, 2.45) is 0 Å². The van der Waals surface area contributed by atoms with E-state index in [0.29, 0.717) is 35.7 Å². The maximum Gasteiger partial charge on any atom is 0.303 e. The minimum atomic E-state index is -0.786. The number of fused-ring (bicyclic) bond motifs is 2. The molecule has 6 heteroatoms. The minimum absolute atomic E-state index is 0.147. The van der Waals surface area contributed by atoms with E-state index >= 15 is 0 Å². The summed E-state index contributed by atoms with van der Waals surface area (Å²) in [6, 6.07) is 11.5. The highest BCUT2D eigenvalue weighted by Crippen LogP contribution is 2.39. The van der Waals surface area contributed by atoms with Gasteiger partial charge in [-0.2, -0.15) is 0 Å². The maximum atomic E-state index is 10.7. The number of rotatable bonds is 6. The van der Waals surface area contributed by atoms with Crippen LogP contribution in [0, 0.1) is 0 Å². The molecule has 1 N–H and O–H groups in total. The molecule has 3 aromatic rings. The van der Waals surface area contributed by atoms with Gasteiger partial charge in [0.2, 0.25) is 6.79 Å². The Balaban J connectivity index is 1.68. The second-order valence-corrected chi connectivity index (χ2v) is 6.14. The number of aliphatic carboxylic acids is 1. The molecule has 2 heterocycles. The van der Waals surface area contributed by atoms with Crippen LogP contribution in [0.5, 0.6) is 17.2 Å². The van der Waals surface area contributed by atoms with Crippen LogP contribution >= 0.6 is 0 Å². The summed E-state index contributed by atoms with van der Waals surface area (Å²) in [6.45, 7) is 0.229. The van der Waals surface area contributed by atoms with E-state index in [-0.39, 0.29) is 13.2 Å². The molecule has 0 radical (unpaired) electrons. The van der Waals surface area contributed by atoms with Crippen LogP contribution in [0.25, 0.3) is 22.3 Å². The molecular weight excluding hydrogens is 336 g/mol. The molecule has 0 spiro atoms. The summed E-state index contributed by atoms with van der Waals surface area (Å²) in [4.78, 5) is 10.7. The van der Waals surface area contributed by atoms with Crippen molar-refractivity contribution in [2.75, 3.05) is 13.9 Å². The summed E-state index contributed by atoms with van der Waals surface area (Å²) < 4.78 is 22.2. The van der Waals surface area contributed by atoms with Crippen LogP contribution in [0.2, 0.25) is 0 Å². The molecule has 26 heavy (non-hydrogen) atoms. The first-order valence-corrected chi connectivity index (χ1v) is 8.36. The van der Waals surface area contributed by atoms with Crippen LogP contribution in [0.3, 0.4) is 0 Å². The van der Waals surface area contributed by atoms with E-state index in [0.717, 1.165) is 22.3 Å². The highest BCUT2D eigenvalue weighted by atomic mass is 16.7. The van der Waals surface area contributed by atoms with Crippen LogP contribution in [-0.4, -0.2) is 25.0 Å². The Labute approximate surface area is 149 Å². The fourth-order valence-corrected chi connectivity index (χ4v) is 3.11. The first-order valence-electron chi connectivity index (χ1n) is 8.36. The van der Waals surface area contributed by atoms with Gasteiger partial charge in [-0.1, -0.05) is 0 Å². The molecule has 1 aliphatic rings. The summed E-state index contributed by atoms with van der Waals surface area (Å²) in [6.07, 6.45) is 1.40. The second kappa shape index (κ2) is 6.63. The summed E-state index contributed by atoms with van der Waals surface area (Å²) in [5.74, 6) is 1.98. The molecular formula is C20H18O6. The molecule has 0 saturated heterocycles. The zero-order valence-corrected chi connectivity index (χ0v) is 14.3. The molecule has 0 amide bonds. The van der Waals surface area contributed by atoms with Gasteiger partial charge in [0.05, 0.1) is 7.11 Å². The lowest BCUT2D eigenvalue weighted by atomic mass is 10.1. The fourth-order valence-electron chi connectivity index (χ4n) is 3.11. The number of hydrogen-bond acceptors (Lipinski definition) is 5. The van der Waals surface area contributed by atoms with Crippen LogP contribution < -0.4 is 14.2 Å². The highest BCUT2D eigenvalue weighted by Gasteiger charge is 2.17. The molecule has 1 aromatic heterocycles. The van der Waals surface area contributed by atoms with Crippen molar-refractivity contribution in [3.8, 4) is 28.6 Å². The summed E-state index contributed by atoms with van der Waals surface area (Å²) in [5.41, 5.74) is 2.58. The largest absolute Gasteiger partial charge is 0.493 e. The van der Waals surface area contributed by atoms with Crippen LogP contribution in [-0.2, 0) is 11.2 Å². The number of methoxy groups -OCH3 is 1. The fraction of sp³-hybridized carbons (Fsp3) is 0.250. The number of carboxylic acid groups (broad SMARTS) is 1. The van der Waals surface area contributed by atoms with E-state index < -0.39 is 5.97 Å². The lowest BCUT2D eigenvalue weighted by Gasteiger charge is -2.05. The van der Waals surface area contributed by atoms with Gasteiger partial charge in [-0.05, 0) is 54.8 Å². The van der Waals surface area contributed by atoms with E-state index in [1.807, 2.05) is 36.4 Å². The van der Waals surface area contributed by atoms with Crippen LogP contribution in [0.15, 0.2) is 40.8 Å². The van der Waals surface area contributed by atoms with Gasteiger partial charge in [0.15, 0.2) is 22.8 Å². The number of hydrogen-bond donors (Lipinski definition) is 1. The third-order valence-electron chi connectivity index (χ3n) is 4.38. The monoisotopic (exact) mass is 354 g/mol. The molecule has 6 nitrogen and oxygen atoms in total. The van der Waals surface area contributed by atoms with E-state index in [9.17, 15) is 4.79 Å². The van der Waals surface area contributed by atoms with Gasteiger partial charge in [0.25, 0.3) is 0 Å². The van der Waals surface area contributed by atoms with Gasteiger partial charge < -0.3 is 23.7 Å². The molecule has 0 fully saturated rings. The smallest absolute Gasteiger partial charge is 0.303 e. The summed E-state index contributed by atoms with van der Waals surface area (Å²) in [5, 5.41) is 9.72. The number of aryl methyl sites for hydroxylation is 1. The average molecular weight is 354 g/mol. The van der Waals surface area contributed by atoms with Crippen molar-refractivity contribution >= 4 is 16.9 Å². The third-order valence-corrected chi connectivity index (χ3v) is 4.38. The van der Waals surface area contributed by atoms with Gasteiger partial charge in [-0.3, -0.25) is 4.79 Å². The first kappa shape index (κ1) is 16.3. The van der Waals surface area contributed by atoms with Gasteiger partial charge in [-0.25, -0.2) is 0 Å². The molecule has 1 aliphatic heterocycles. The maximum absolute atomic E-state index is 10.7. The summed E-state index contributed by atoms with van der Waals surface area (Å²) in [7, 11) is 1.60. The normalized spacial score (nSPS) is 12.5. The molecule has 0 unspecified atom stereocenters. The zero-order chi connectivity index (χ0) is 18.1. The Kier molecular flexibility index (Phi) is 4.16. The first-order chi connectivity index (χ1) is 12.6. The van der Waals surface area contributed by atoms with E-state index in [1.54, 1.807) is 7.11 Å². The molecule has 0 bridgehead atoms. The van der Waals surface area contributed by atoms with Crippen molar-refractivity contribution in [2.45, 2.75) is 19.3 Å². The molecule has 0 saturated carbocycles. The molecule has 4 rings (SSSR count).